The van der Waals surface area contributed by atoms with Gasteiger partial charge in [0.05, 0.1) is 12.1 Å². The van der Waals surface area contributed by atoms with Crippen LogP contribution in [0.2, 0.25) is 4.34 Å². The average molecular weight is 517 g/mol. The molecular weight excluding hydrogens is 504 g/mol. The fourth-order valence-corrected chi connectivity index (χ4v) is 6.54. The van der Waals surface area contributed by atoms with Crippen LogP contribution in [0.4, 0.5) is 5.13 Å². The minimum atomic E-state index is -0.789. The monoisotopic (exact) mass is 516 g/mol. The molecule has 2 aromatic rings. The molecule has 0 bridgehead atoms. The van der Waals surface area contributed by atoms with Crippen LogP contribution in [0.25, 0.3) is 5.57 Å². The topological polar surface area (TPSA) is 134 Å². The number of thiazole rings is 1. The Bertz CT molecular complexity index is 1130. The van der Waals surface area contributed by atoms with Crippen molar-refractivity contribution in [2.45, 2.75) is 24.8 Å². The summed E-state index contributed by atoms with van der Waals surface area (Å²) in [5.74, 6) is -0.429. The van der Waals surface area contributed by atoms with Crippen LogP contribution < -0.4 is 10.6 Å². The molecule has 15 heteroatoms. The predicted molar refractivity (Wildman–Crippen MR) is 121 cm³/mol. The second-order valence-electron chi connectivity index (χ2n) is 6.39. The normalized spacial score (nSPS) is 20.2. The van der Waals surface area contributed by atoms with Crippen molar-refractivity contribution in [2.75, 3.05) is 11.1 Å². The van der Waals surface area contributed by atoms with E-state index in [1.807, 2.05) is 0 Å². The Balaban J connectivity index is 1.48. The number of hydrogen-bond donors (Lipinski definition) is 3. The van der Waals surface area contributed by atoms with E-state index in [0.717, 1.165) is 16.3 Å². The highest BCUT2D eigenvalue weighted by Crippen LogP contribution is 2.44. The summed E-state index contributed by atoms with van der Waals surface area (Å²) in [5, 5.41) is 13.7. The van der Waals surface area contributed by atoms with Crippen molar-refractivity contribution in [1.82, 2.24) is 25.4 Å². The Kier molecular flexibility index (Phi) is 6.35. The summed E-state index contributed by atoms with van der Waals surface area (Å²) in [6, 6.07) is -0.789. The zero-order chi connectivity index (χ0) is 22.3. The number of nitrogens with zero attached hydrogens (tertiary/aromatic N) is 4. The molecule has 3 amide bonds. The number of hydrogen-bond acceptors (Lipinski definition) is 10. The van der Waals surface area contributed by atoms with Crippen LogP contribution in [-0.2, 0) is 25.6 Å². The molecular formula is C16H13ClN6O4S4. The Hall–Kier alpha value is -2.00. The maximum Gasteiger partial charge on any atom is 0.253 e. The SMILES string of the molecule is Cc1nnc(C2=C(C(=O)S)N3C(=O)[C@@H](NC(=O)Cc4nc(NC=O)sc4Cl)[C@H]3SC2)s1. The fourth-order valence-electron chi connectivity index (χ4n) is 3.13. The van der Waals surface area contributed by atoms with E-state index in [1.54, 1.807) is 6.92 Å². The van der Waals surface area contributed by atoms with Gasteiger partial charge in [-0.05, 0) is 6.92 Å². The lowest BCUT2D eigenvalue weighted by atomic mass is 10.0. The van der Waals surface area contributed by atoms with Gasteiger partial charge >= 0.3 is 0 Å². The number of nitrogens with one attached hydrogen (secondary N) is 2. The van der Waals surface area contributed by atoms with Crippen molar-refractivity contribution in [3.8, 4) is 0 Å². The van der Waals surface area contributed by atoms with Crippen LogP contribution in [0.15, 0.2) is 5.70 Å². The Morgan fingerprint density at radius 3 is 2.77 bits per heavy atom. The molecule has 4 rings (SSSR count). The van der Waals surface area contributed by atoms with E-state index in [0.29, 0.717) is 28.4 Å². The number of amides is 3. The van der Waals surface area contributed by atoms with Gasteiger partial charge in [0.2, 0.25) is 17.4 Å². The highest BCUT2D eigenvalue weighted by atomic mass is 35.5. The minimum Gasteiger partial charge on any atom is -0.341 e. The summed E-state index contributed by atoms with van der Waals surface area (Å²) in [6.07, 6.45) is 0.312. The van der Waals surface area contributed by atoms with E-state index in [4.69, 9.17) is 11.6 Å². The standard InChI is InChI=1S/C16H13ClN6O4S4/c1-5-21-22-12(30-5)6-3-29-14-9(13(26)23(14)10(6)15(27)28)20-8(25)2-7-11(17)31-16(19-7)18-4-24/h4,9,14H,2-3H2,1H3,(H,20,25)(H,27,28)(H,18,19,24)/t9-,14-/m1/s1. The first-order valence-electron chi connectivity index (χ1n) is 8.66. The van der Waals surface area contributed by atoms with Gasteiger partial charge in [0, 0.05) is 11.3 Å². The zero-order valence-corrected chi connectivity index (χ0v) is 19.7. The van der Waals surface area contributed by atoms with Crippen molar-refractivity contribution >= 4 is 92.7 Å². The Morgan fingerprint density at radius 2 is 2.13 bits per heavy atom. The van der Waals surface area contributed by atoms with Gasteiger partial charge in [0.15, 0.2) is 5.13 Å². The van der Waals surface area contributed by atoms with Gasteiger partial charge in [-0.15, -0.1) is 22.0 Å². The molecule has 4 heterocycles. The number of rotatable bonds is 7. The molecule has 2 atom stereocenters. The third-order valence-electron chi connectivity index (χ3n) is 4.43. The van der Waals surface area contributed by atoms with E-state index in [9.17, 15) is 19.2 Å². The predicted octanol–water partition coefficient (Wildman–Crippen LogP) is 1.33. The summed E-state index contributed by atoms with van der Waals surface area (Å²) in [5.41, 5.74) is 1.08. The van der Waals surface area contributed by atoms with Gasteiger partial charge in [0.25, 0.3) is 5.91 Å². The highest BCUT2D eigenvalue weighted by Gasteiger charge is 2.54. The van der Waals surface area contributed by atoms with Gasteiger partial charge in [-0.2, -0.15) is 0 Å². The molecule has 0 spiro atoms. The van der Waals surface area contributed by atoms with Crippen molar-refractivity contribution in [2.24, 2.45) is 0 Å². The van der Waals surface area contributed by atoms with Gasteiger partial charge in [-0.1, -0.05) is 46.9 Å². The number of β-lactam (4-membered cyclic amide) rings is 1. The molecule has 0 saturated carbocycles. The fraction of sp³-hybridized carbons (Fsp3) is 0.312. The average Bonchev–Trinajstić information content (AvgIpc) is 3.30. The quantitative estimate of drug-likeness (QED) is 0.285. The van der Waals surface area contributed by atoms with Crippen molar-refractivity contribution < 1.29 is 19.2 Å². The van der Waals surface area contributed by atoms with E-state index in [-0.39, 0.29) is 21.6 Å². The van der Waals surface area contributed by atoms with Gasteiger partial charge in [-0.3, -0.25) is 24.1 Å². The molecule has 2 N–H and O–H groups in total. The molecule has 162 valence electrons. The number of carbonyl (C=O) groups excluding carboxylic acids is 4. The maximum atomic E-state index is 12.8. The molecule has 2 aromatic heterocycles. The van der Waals surface area contributed by atoms with Gasteiger partial charge in [-0.25, -0.2) is 4.98 Å². The molecule has 0 aromatic carbocycles. The lowest BCUT2D eigenvalue weighted by Crippen LogP contribution is -2.70. The first-order valence-corrected chi connectivity index (χ1v) is 12.2. The summed E-state index contributed by atoms with van der Waals surface area (Å²) < 4.78 is 0.274. The molecule has 1 saturated heterocycles. The van der Waals surface area contributed by atoms with E-state index in [2.05, 4.69) is 38.4 Å². The first kappa shape index (κ1) is 22.2. The van der Waals surface area contributed by atoms with Crippen LogP contribution in [0.5, 0.6) is 0 Å². The third kappa shape index (κ3) is 4.22. The summed E-state index contributed by atoms with van der Waals surface area (Å²) in [4.78, 5) is 53.4. The molecule has 10 nitrogen and oxygen atoms in total. The van der Waals surface area contributed by atoms with Crippen LogP contribution in [0.3, 0.4) is 0 Å². The molecule has 0 radical (unpaired) electrons. The molecule has 0 unspecified atom stereocenters. The summed E-state index contributed by atoms with van der Waals surface area (Å²) in [7, 11) is 0. The smallest absolute Gasteiger partial charge is 0.253 e. The Labute approximate surface area is 198 Å². The first-order chi connectivity index (χ1) is 14.8. The van der Waals surface area contributed by atoms with Crippen LogP contribution in [-0.4, -0.2) is 60.6 Å². The van der Waals surface area contributed by atoms with Crippen molar-refractivity contribution in [1.29, 1.82) is 0 Å². The largest absolute Gasteiger partial charge is 0.341 e. The van der Waals surface area contributed by atoms with Crippen molar-refractivity contribution in [3.63, 3.8) is 0 Å². The van der Waals surface area contributed by atoms with Crippen molar-refractivity contribution in [3.05, 3.63) is 25.7 Å². The Morgan fingerprint density at radius 1 is 1.35 bits per heavy atom. The van der Waals surface area contributed by atoms with Crippen LogP contribution >= 0.6 is 58.7 Å². The van der Waals surface area contributed by atoms with E-state index < -0.39 is 28.3 Å². The van der Waals surface area contributed by atoms with E-state index in [1.165, 1.54) is 28.0 Å². The lowest BCUT2D eigenvalue weighted by Gasteiger charge is -2.49. The number of anilines is 1. The number of halogens is 1. The van der Waals surface area contributed by atoms with Gasteiger partial charge < -0.3 is 10.6 Å². The van der Waals surface area contributed by atoms with E-state index >= 15 is 0 Å². The second-order valence-corrected chi connectivity index (χ2v) is 10.7. The second kappa shape index (κ2) is 8.86. The zero-order valence-electron chi connectivity index (χ0n) is 15.6. The molecule has 2 aliphatic heterocycles. The highest BCUT2D eigenvalue weighted by molar-refractivity contribution is 8.00. The lowest BCUT2D eigenvalue weighted by molar-refractivity contribution is -0.146. The number of fused-ring (bicyclic) bond motifs is 1. The maximum absolute atomic E-state index is 12.8. The third-order valence-corrected chi connectivity index (χ3v) is 8.09. The molecule has 2 aliphatic rings. The minimum absolute atomic E-state index is 0.152. The number of aromatic nitrogens is 3. The molecule has 31 heavy (non-hydrogen) atoms. The molecule has 0 aliphatic carbocycles. The van der Waals surface area contributed by atoms with Crippen LogP contribution in [0, 0.1) is 6.92 Å². The number of aryl methyl sites for hydroxylation is 1. The summed E-state index contributed by atoms with van der Waals surface area (Å²) in [6.45, 7) is 1.80. The van der Waals surface area contributed by atoms with Gasteiger partial charge in [0.1, 0.15) is 31.5 Å². The number of carbonyl (C=O) groups is 4. The number of thiol groups is 1. The molecule has 1 fully saturated rings. The summed E-state index contributed by atoms with van der Waals surface area (Å²) >= 11 is 13.8. The number of thioether (sulfide) groups is 1. The van der Waals surface area contributed by atoms with Crippen LogP contribution in [0.1, 0.15) is 15.7 Å².